The first kappa shape index (κ1) is 21.6. The Morgan fingerprint density at radius 1 is 1.12 bits per heavy atom. The molecule has 0 bridgehead atoms. The number of thiophene rings is 1. The molecule has 164 valence electrons. The lowest BCUT2D eigenvalue weighted by atomic mass is 9.93. The van der Waals surface area contributed by atoms with Gasteiger partial charge in [-0.3, -0.25) is 9.59 Å². The first-order chi connectivity index (χ1) is 15.3. The molecule has 1 aliphatic heterocycles. The van der Waals surface area contributed by atoms with Crippen LogP contribution in [0.15, 0.2) is 59.5 Å². The van der Waals surface area contributed by atoms with Gasteiger partial charge in [0.2, 0.25) is 0 Å². The lowest BCUT2D eigenvalue weighted by Crippen LogP contribution is -2.28. The average molecular weight is 450 g/mol. The zero-order valence-corrected chi connectivity index (χ0v) is 18.8. The third kappa shape index (κ3) is 3.76. The standard InChI is InChI=1S/C25H23NO5S/c1-14-11-15(2)24(31-3)19(12-14)22(28)20-21(16-6-8-17(27)9-7-16)26(25(30)23(20)29)13-18-5-4-10-32-18/h4-12,21,27-28H,13H2,1-3H3/b22-20+. The number of aliphatic hydroxyl groups excluding tert-OH is 1. The van der Waals surface area contributed by atoms with E-state index in [0.29, 0.717) is 16.9 Å². The van der Waals surface area contributed by atoms with Crippen LogP contribution in [0.1, 0.15) is 33.2 Å². The fraction of sp³-hybridized carbons (Fsp3) is 0.200. The number of benzene rings is 2. The number of hydrogen-bond donors (Lipinski definition) is 2. The molecule has 1 saturated heterocycles. The Labute approximate surface area is 190 Å². The molecule has 0 spiro atoms. The zero-order valence-electron chi connectivity index (χ0n) is 18.0. The number of phenols is 1. The monoisotopic (exact) mass is 449 g/mol. The predicted molar refractivity (Wildman–Crippen MR) is 123 cm³/mol. The lowest BCUT2D eigenvalue weighted by molar-refractivity contribution is -0.140. The minimum Gasteiger partial charge on any atom is -0.508 e. The van der Waals surface area contributed by atoms with Crippen molar-refractivity contribution in [3.8, 4) is 11.5 Å². The number of ketones is 1. The molecule has 2 heterocycles. The number of aryl methyl sites for hydroxylation is 2. The van der Waals surface area contributed by atoms with E-state index in [2.05, 4.69) is 0 Å². The van der Waals surface area contributed by atoms with Crippen LogP contribution in [0, 0.1) is 13.8 Å². The molecule has 1 aromatic heterocycles. The molecule has 3 aromatic rings. The Morgan fingerprint density at radius 3 is 2.47 bits per heavy atom. The highest BCUT2D eigenvalue weighted by molar-refractivity contribution is 7.09. The Bertz CT molecular complexity index is 1210. The summed E-state index contributed by atoms with van der Waals surface area (Å²) in [4.78, 5) is 28.6. The second-order valence-corrected chi connectivity index (χ2v) is 8.79. The quantitative estimate of drug-likeness (QED) is 0.335. The highest BCUT2D eigenvalue weighted by Gasteiger charge is 2.46. The van der Waals surface area contributed by atoms with E-state index in [1.165, 1.54) is 35.5 Å². The topological polar surface area (TPSA) is 87.1 Å². The summed E-state index contributed by atoms with van der Waals surface area (Å²) in [5.41, 5.74) is 2.67. The van der Waals surface area contributed by atoms with Crippen LogP contribution in [0.3, 0.4) is 0 Å². The van der Waals surface area contributed by atoms with Gasteiger partial charge >= 0.3 is 0 Å². The van der Waals surface area contributed by atoms with Crippen molar-refractivity contribution in [1.82, 2.24) is 4.90 Å². The number of methoxy groups -OCH3 is 1. The molecule has 0 saturated carbocycles. The number of hydrogen-bond acceptors (Lipinski definition) is 6. The molecule has 2 N–H and O–H groups in total. The van der Waals surface area contributed by atoms with E-state index in [-0.39, 0.29) is 23.6 Å². The van der Waals surface area contributed by atoms with E-state index in [0.717, 1.165) is 16.0 Å². The van der Waals surface area contributed by atoms with Gasteiger partial charge in [-0.2, -0.15) is 0 Å². The summed E-state index contributed by atoms with van der Waals surface area (Å²) in [5, 5.41) is 23.0. The number of carbonyl (C=O) groups is 2. The number of likely N-dealkylation sites (tertiary alicyclic amines) is 1. The van der Waals surface area contributed by atoms with E-state index in [1.54, 1.807) is 18.2 Å². The van der Waals surface area contributed by atoms with E-state index in [9.17, 15) is 19.8 Å². The molecule has 4 rings (SSSR count). The van der Waals surface area contributed by atoms with Crippen LogP contribution in [-0.2, 0) is 16.1 Å². The van der Waals surface area contributed by atoms with Crippen LogP contribution in [0.4, 0.5) is 0 Å². The maximum atomic E-state index is 13.2. The summed E-state index contributed by atoms with van der Waals surface area (Å²) < 4.78 is 5.51. The van der Waals surface area contributed by atoms with Crippen molar-refractivity contribution in [3.05, 3.63) is 86.6 Å². The molecule has 32 heavy (non-hydrogen) atoms. The van der Waals surface area contributed by atoms with Crippen molar-refractivity contribution in [2.75, 3.05) is 7.11 Å². The van der Waals surface area contributed by atoms with E-state index in [4.69, 9.17) is 4.74 Å². The number of aromatic hydroxyl groups is 1. The maximum absolute atomic E-state index is 13.2. The van der Waals surface area contributed by atoms with E-state index in [1.807, 2.05) is 37.4 Å². The highest BCUT2D eigenvalue weighted by atomic mass is 32.1. The van der Waals surface area contributed by atoms with Crippen LogP contribution < -0.4 is 4.74 Å². The number of Topliss-reactive ketones (excluding diaryl/α,β-unsaturated/α-hetero) is 1. The van der Waals surface area contributed by atoms with Crippen LogP contribution in [-0.4, -0.2) is 33.9 Å². The third-order valence-corrected chi connectivity index (χ3v) is 6.39. The molecule has 2 aromatic carbocycles. The van der Waals surface area contributed by atoms with Crippen LogP contribution in [0.25, 0.3) is 5.76 Å². The average Bonchev–Trinajstić information content (AvgIpc) is 3.36. The molecule has 1 aliphatic rings. The fourth-order valence-corrected chi connectivity index (χ4v) is 4.87. The SMILES string of the molecule is COc1c(C)cc(C)cc1/C(O)=C1\C(=O)C(=O)N(Cc2cccs2)C1c1ccc(O)cc1. The molecule has 1 fully saturated rings. The predicted octanol–water partition coefficient (Wildman–Crippen LogP) is 4.70. The number of nitrogens with zero attached hydrogens (tertiary/aromatic N) is 1. The molecule has 7 heteroatoms. The van der Waals surface area contributed by atoms with Gasteiger partial charge in [0.15, 0.2) is 0 Å². The smallest absolute Gasteiger partial charge is 0.295 e. The molecular formula is C25H23NO5S. The summed E-state index contributed by atoms with van der Waals surface area (Å²) in [5.74, 6) is -1.19. The molecular weight excluding hydrogens is 426 g/mol. The molecule has 0 aliphatic carbocycles. The van der Waals surface area contributed by atoms with Crippen molar-refractivity contribution >= 4 is 28.8 Å². The Kier molecular flexibility index (Phi) is 5.76. The number of aliphatic hydroxyl groups is 1. The summed E-state index contributed by atoms with van der Waals surface area (Å²) >= 11 is 1.48. The van der Waals surface area contributed by atoms with Crippen LogP contribution in [0.5, 0.6) is 11.5 Å². The van der Waals surface area contributed by atoms with Crippen molar-refractivity contribution in [3.63, 3.8) is 0 Å². The van der Waals surface area contributed by atoms with Gasteiger partial charge in [0.05, 0.1) is 30.8 Å². The first-order valence-corrected chi connectivity index (χ1v) is 10.9. The largest absolute Gasteiger partial charge is 0.508 e. The van der Waals surface area contributed by atoms with Gasteiger partial charge in [-0.1, -0.05) is 24.3 Å². The first-order valence-electron chi connectivity index (χ1n) is 10.1. The van der Waals surface area contributed by atoms with Crippen molar-refractivity contribution < 1.29 is 24.5 Å². The van der Waals surface area contributed by atoms with Gasteiger partial charge in [-0.25, -0.2) is 0 Å². The number of ether oxygens (including phenoxy) is 1. The van der Waals surface area contributed by atoms with Gasteiger partial charge in [0.25, 0.3) is 11.7 Å². The summed E-state index contributed by atoms with van der Waals surface area (Å²) in [7, 11) is 1.50. The molecule has 1 amide bonds. The molecule has 1 atom stereocenters. The van der Waals surface area contributed by atoms with Gasteiger partial charge < -0.3 is 19.8 Å². The van der Waals surface area contributed by atoms with Gasteiger partial charge in [0, 0.05) is 4.88 Å². The fourth-order valence-electron chi connectivity index (χ4n) is 4.16. The molecule has 1 unspecified atom stereocenters. The van der Waals surface area contributed by atoms with Crippen molar-refractivity contribution in [2.45, 2.75) is 26.4 Å². The lowest BCUT2D eigenvalue weighted by Gasteiger charge is -2.25. The third-order valence-electron chi connectivity index (χ3n) is 5.53. The number of amides is 1. The Balaban J connectivity index is 1.93. The molecule has 0 radical (unpaired) electrons. The number of carbonyl (C=O) groups excluding carboxylic acids is 2. The maximum Gasteiger partial charge on any atom is 0.295 e. The van der Waals surface area contributed by atoms with E-state index >= 15 is 0 Å². The number of rotatable bonds is 5. The van der Waals surface area contributed by atoms with Crippen molar-refractivity contribution in [1.29, 1.82) is 0 Å². The zero-order chi connectivity index (χ0) is 23.0. The summed E-state index contributed by atoms with van der Waals surface area (Å²) in [6, 6.07) is 12.9. The second-order valence-electron chi connectivity index (χ2n) is 7.76. The molecule has 6 nitrogen and oxygen atoms in total. The Morgan fingerprint density at radius 2 is 1.84 bits per heavy atom. The van der Waals surface area contributed by atoms with Crippen LogP contribution >= 0.6 is 11.3 Å². The minimum atomic E-state index is -0.803. The summed E-state index contributed by atoms with van der Waals surface area (Å²) in [6.45, 7) is 3.97. The normalized spacial score (nSPS) is 17.7. The van der Waals surface area contributed by atoms with Crippen molar-refractivity contribution in [2.24, 2.45) is 0 Å². The Hall–Kier alpha value is -3.58. The van der Waals surface area contributed by atoms with Crippen LogP contribution in [0.2, 0.25) is 0 Å². The van der Waals surface area contributed by atoms with E-state index < -0.39 is 17.7 Å². The second kappa shape index (κ2) is 8.51. The summed E-state index contributed by atoms with van der Waals surface area (Å²) in [6.07, 6.45) is 0. The number of phenolic OH excluding ortho intramolecular Hbond substituents is 1. The van der Waals surface area contributed by atoms with Gasteiger partial charge in [-0.05, 0) is 60.2 Å². The van der Waals surface area contributed by atoms with Gasteiger partial charge in [0.1, 0.15) is 17.3 Å². The van der Waals surface area contributed by atoms with Gasteiger partial charge in [-0.15, -0.1) is 11.3 Å². The minimum absolute atomic E-state index is 0.000505. The highest BCUT2D eigenvalue weighted by Crippen LogP contribution is 2.42.